The molecular formula is C12H16N2O4S2. The van der Waals surface area contributed by atoms with E-state index < -0.39 is 16.0 Å². The van der Waals surface area contributed by atoms with Gasteiger partial charge in [0.05, 0.1) is 5.56 Å². The third-order valence-electron chi connectivity index (χ3n) is 3.32. The maximum absolute atomic E-state index is 12.2. The molecule has 2 rings (SSSR count). The van der Waals surface area contributed by atoms with Gasteiger partial charge in [0.25, 0.3) is 10.0 Å². The lowest BCUT2D eigenvalue weighted by Gasteiger charge is -2.18. The molecule has 1 aliphatic rings. The summed E-state index contributed by atoms with van der Waals surface area (Å²) in [6.07, 6.45) is 5.84. The van der Waals surface area contributed by atoms with E-state index in [1.54, 1.807) is 11.8 Å². The smallest absolute Gasteiger partial charge is 0.337 e. The molecule has 6 nitrogen and oxygen atoms in total. The molecule has 0 amide bonds. The molecule has 2 atom stereocenters. The van der Waals surface area contributed by atoms with Crippen LogP contribution in [0.4, 0.5) is 0 Å². The number of rotatable bonds is 5. The number of aromatic nitrogens is 1. The van der Waals surface area contributed by atoms with E-state index in [0.717, 1.165) is 25.5 Å². The highest BCUT2D eigenvalue weighted by atomic mass is 32.2. The van der Waals surface area contributed by atoms with E-state index in [1.165, 1.54) is 12.1 Å². The Bertz CT molecular complexity index is 586. The summed E-state index contributed by atoms with van der Waals surface area (Å²) in [5.41, 5.74) is -0.0354. The molecule has 0 saturated heterocycles. The van der Waals surface area contributed by atoms with Crippen LogP contribution >= 0.6 is 11.8 Å². The molecule has 1 heterocycles. The number of nitrogens with one attached hydrogen (secondary N) is 1. The van der Waals surface area contributed by atoms with Crippen molar-refractivity contribution in [2.45, 2.75) is 35.6 Å². The Kier molecular flexibility index (Phi) is 4.66. The number of nitrogens with zero attached hydrogens (tertiary/aromatic N) is 1. The molecule has 0 bridgehead atoms. The highest BCUT2D eigenvalue weighted by Gasteiger charge is 2.31. The molecule has 8 heteroatoms. The van der Waals surface area contributed by atoms with Crippen LogP contribution in [0.3, 0.4) is 0 Å². The Balaban J connectivity index is 2.15. The van der Waals surface area contributed by atoms with Crippen LogP contribution < -0.4 is 4.72 Å². The fourth-order valence-corrected chi connectivity index (χ4v) is 4.53. The van der Waals surface area contributed by atoms with E-state index in [2.05, 4.69) is 9.71 Å². The molecule has 1 aliphatic carbocycles. The van der Waals surface area contributed by atoms with Gasteiger partial charge in [-0.25, -0.2) is 22.9 Å². The average molecular weight is 316 g/mol. The summed E-state index contributed by atoms with van der Waals surface area (Å²) in [6.45, 7) is 0. The van der Waals surface area contributed by atoms with Crippen molar-refractivity contribution in [3.05, 3.63) is 23.9 Å². The monoisotopic (exact) mass is 316 g/mol. The number of thioether (sulfide) groups is 1. The van der Waals surface area contributed by atoms with Crippen LogP contribution in [-0.2, 0) is 10.0 Å². The van der Waals surface area contributed by atoms with E-state index in [4.69, 9.17) is 5.11 Å². The third kappa shape index (κ3) is 3.31. The second kappa shape index (κ2) is 6.11. The van der Waals surface area contributed by atoms with Crippen molar-refractivity contribution in [3.8, 4) is 0 Å². The standard InChI is InChI=1S/C12H16N2O4S2/c1-19-10-4-2-3-9(10)14-20(17,18)11-6-5-8(7-13-11)12(15)16/h5-7,9-10,14H,2-4H2,1H3,(H,15,16). The van der Waals surface area contributed by atoms with E-state index in [-0.39, 0.29) is 21.9 Å². The zero-order chi connectivity index (χ0) is 14.8. The van der Waals surface area contributed by atoms with Gasteiger partial charge >= 0.3 is 5.97 Å². The van der Waals surface area contributed by atoms with Gasteiger partial charge in [0.2, 0.25) is 0 Å². The lowest BCUT2D eigenvalue weighted by atomic mass is 10.3. The Morgan fingerprint density at radius 1 is 1.45 bits per heavy atom. The molecule has 0 aromatic carbocycles. The van der Waals surface area contributed by atoms with Crippen molar-refractivity contribution < 1.29 is 18.3 Å². The van der Waals surface area contributed by atoms with E-state index in [1.807, 2.05) is 6.26 Å². The highest BCUT2D eigenvalue weighted by Crippen LogP contribution is 2.29. The van der Waals surface area contributed by atoms with Crippen LogP contribution in [0.1, 0.15) is 29.6 Å². The summed E-state index contributed by atoms with van der Waals surface area (Å²) >= 11 is 1.66. The van der Waals surface area contributed by atoms with Crippen molar-refractivity contribution in [3.63, 3.8) is 0 Å². The molecule has 20 heavy (non-hydrogen) atoms. The van der Waals surface area contributed by atoms with Gasteiger partial charge in [0.1, 0.15) is 0 Å². The summed E-state index contributed by atoms with van der Waals surface area (Å²) in [5.74, 6) is -1.13. The SMILES string of the molecule is CSC1CCCC1NS(=O)(=O)c1ccc(C(=O)O)cn1. The molecule has 0 radical (unpaired) electrons. The second-order valence-corrected chi connectivity index (χ2v) is 7.36. The van der Waals surface area contributed by atoms with Crippen molar-refractivity contribution in [2.24, 2.45) is 0 Å². The van der Waals surface area contributed by atoms with Gasteiger partial charge < -0.3 is 5.11 Å². The number of aromatic carboxylic acids is 1. The predicted octanol–water partition coefficient (Wildman–Crippen LogP) is 1.34. The molecule has 0 spiro atoms. The third-order valence-corrected chi connectivity index (χ3v) is 5.90. The molecule has 1 aromatic heterocycles. The van der Waals surface area contributed by atoms with Crippen molar-refractivity contribution in [1.82, 2.24) is 9.71 Å². The summed E-state index contributed by atoms with van der Waals surface area (Å²) in [5, 5.41) is 8.90. The maximum atomic E-state index is 12.2. The van der Waals surface area contributed by atoms with Gasteiger partial charge in [-0.2, -0.15) is 11.8 Å². The van der Waals surface area contributed by atoms with Crippen LogP contribution in [0, 0.1) is 0 Å². The van der Waals surface area contributed by atoms with Gasteiger partial charge in [-0.15, -0.1) is 0 Å². The van der Waals surface area contributed by atoms with Gasteiger partial charge in [0.15, 0.2) is 5.03 Å². The second-order valence-electron chi connectivity index (χ2n) is 4.62. The number of hydrogen-bond donors (Lipinski definition) is 2. The van der Waals surface area contributed by atoms with Gasteiger partial charge in [-0.1, -0.05) is 6.42 Å². The lowest BCUT2D eigenvalue weighted by molar-refractivity contribution is 0.0696. The minimum atomic E-state index is -3.70. The largest absolute Gasteiger partial charge is 0.478 e. The first-order valence-corrected chi connectivity index (χ1v) is 8.95. The number of sulfonamides is 1. The number of hydrogen-bond acceptors (Lipinski definition) is 5. The first-order chi connectivity index (χ1) is 9.44. The zero-order valence-corrected chi connectivity index (χ0v) is 12.6. The van der Waals surface area contributed by atoms with Crippen LogP contribution in [0.15, 0.2) is 23.4 Å². The normalized spacial score (nSPS) is 22.9. The Morgan fingerprint density at radius 2 is 2.20 bits per heavy atom. The van der Waals surface area contributed by atoms with Crippen LogP contribution in [0.5, 0.6) is 0 Å². The van der Waals surface area contributed by atoms with Gasteiger partial charge in [-0.05, 0) is 31.2 Å². The highest BCUT2D eigenvalue weighted by molar-refractivity contribution is 7.99. The fourth-order valence-electron chi connectivity index (χ4n) is 2.27. The molecule has 110 valence electrons. The minimum absolute atomic E-state index is 0.0354. The molecule has 1 saturated carbocycles. The van der Waals surface area contributed by atoms with E-state index in [9.17, 15) is 13.2 Å². The fraction of sp³-hybridized carbons (Fsp3) is 0.500. The lowest BCUT2D eigenvalue weighted by Crippen LogP contribution is -2.38. The summed E-state index contributed by atoms with van der Waals surface area (Å²) < 4.78 is 27.1. The summed E-state index contributed by atoms with van der Waals surface area (Å²) in [6, 6.07) is 2.37. The van der Waals surface area contributed by atoms with Crippen LogP contribution in [0.2, 0.25) is 0 Å². The first kappa shape index (κ1) is 15.3. The predicted molar refractivity (Wildman–Crippen MR) is 76.5 cm³/mol. The summed E-state index contributed by atoms with van der Waals surface area (Å²) in [7, 11) is -3.70. The quantitative estimate of drug-likeness (QED) is 0.851. The van der Waals surface area contributed by atoms with Gasteiger partial charge in [0, 0.05) is 17.5 Å². The van der Waals surface area contributed by atoms with Gasteiger partial charge in [-0.3, -0.25) is 0 Å². The topological polar surface area (TPSA) is 96.4 Å². The minimum Gasteiger partial charge on any atom is -0.478 e. The average Bonchev–Trinajstić information content (AvgIpc) is 2.85. The Hall–Kier alpha value is -1.12. The van der Waals surface area contributed by atoms with Crippen LogP contribution in [-0.4, -0.2) is 42.0 Å². The number of pyridine rings is 1. The molecule has 2 N–H and O–H groups in total. The van der Waals surface area contributed by atoms with Crippen molar-refractivity contribution >= 4 is 27.8 Å². The summed E-state index contributed by atoms with van der Waals surface area (Å²) in [4.78, 5) is 14.4. The first-order valence-electron chi connectivity index (χ1n) is 6.18. The van der Waals surface area contributed by atoms with E-state index in [0.29, 0.717) is 0 Å². The molecular weight excluding hydrogens is 300 g/mol. The Morgan fingerprint density at radius 3 is 2.75 bits per heavy atom. The molecule has 2 unspecified atom stereocenters. The zero-order valence-electron chi connectivity index (χ0n) is 10.9. The molecule has 1 aromatic rings. The van der Waals surface area contributed by atoms with Crippen molar-refractivity contribution in [1.29, 1.82) is 0 Å². The molecule has 0 aliphatic heterocycles. The van der Waals surface area contributed by atoms with E-state index >= 15 is 0 Å². The Labute approximate surface area is 122 Å². The van der Waals surface area contributed by atoms with Crippen molar-refractivity contribution in [2.75, 3.05) is 6.26 Å². The number of carboxylic acid groups (broad SMARTS) is 1. The maximum Gasteiger partial charge on any atom is 0.337 e. The molecule has 1 fully saturated rings. The van der Waals surface area contributed by atoms with Crippen LogP contribution in [0.25, 0.3) is 0 Å². The number of carboxylic acids is 1. The number of carbonyl (C=O) groups is 1.